The van der Waals surface area contributed by atoms with Gasteiger partial charge in [-0.2, -0.15) is 4.31 Å². The van der Waals surface area contributed by atoms with Crippen molar-refractivity contribution in [3.8, 4) is 11.5 Å². The number of aromatic nitrogens is 1. The maximum Gasteiger partial charge on any atom is 0.260 e. The quantitative estimate of drug-likeness (QED) is 0.372. The van der Waals surface area contributed by atoms with Crippen molar-refractivity contribution in [2.75, 3.05) is 45.4 Å². The molecule has 212 valence electrons. The second-order valence-electron chi connectivity index (χ2n) is 9.98. The lowest BCUT2D eigenvalue weighted by atomic mass is 10.0. The number of nitrogens with zero attached hydrogens (tertiary/aromatic N) is 4. The SMILES string of the molecule is CCC1CCCCN1S(=O)(=O)c1ccc(C(=O)N(CCCN(C)C)c2nc3cc4c(cc3s2)OCO4)cc1.[Cl-]. The molecule has 39 heavy (non-hydrogen) atoms. The summed E-state index contributed by atoms with van der Waals surface area (Å²) >= 11 is 1.42. The highest BCUT2D eigenvalue weighted by Gasteiger charge is 2.33. The maximum absolute atomic E-state index is 13.7. The van der Waals surface area contributed by atoms with Crippen LogP contribution in [-0.4, -0.2) is 75.1 Å². The minimum absolute atomic E-state index is 0. The van der Waals surface area contributed by atoms with Crippen LogP contribution in [0.2, 0.25) is 0 Å². The van der Waals surface area contributed by atoms with Gasteiger partial charge in [0.25, 0.3) is 5.91 Å². The zero-order valence-electron chi connectivity index (χ0n) is 22.4. The Morgan fingerprint density at radius 3 is 2.51 bits per heavy atom. The van der Waals surface area contributed by atoms with Crippen LogP contribution in [0.4, 0.5) is 5.13 Å². The van der Waals surface area contributed by atoms with Gasteiger partial charge < -0.3 is 26.8 Å². The van der Waals surface area contributed by atoms with Gasteiger partial charge in [0.2, 0.25) is 16.8 Å². The number of anilines is 1. The van der Waals surface area contributed by atoms with Gasteiger partial charge in [-0.05, 0) is 70.6 Å². The number of ether oxygens (including phenoxy) is 2. The Hall–Kier alpha value is -2.44. The molecular formula is C27H34ClN4O5S2-. The predicted octanol–water partition coefficient (Wildman–Crippen LogP) is 1.58. The lowest BCUT2D eigenvalue weighted by Gasteiger charge is -2.34. The molecule has 0 bridgehead atoms. The second kappa shape index (κ2) is 12.4. The minimum atomic E-state index is -3.62. The molecule has 1 fully saturated rings. The first-order valence-electron chi connectivity index (χ1n) is 13.1. The minimum Gasteiger partial charge on any atom is -1.00 e. The molecule has 2 aliphatic rings. The van der Waals surface area contributed by atoms with Crippen molar-refractivity contribution in [3.05, 3.63) is 42.0 Å². The second-order valence-corrected chi connectivity index (χ2v) is 12.9. The van der Waals surface area contributed by atoms with Gasteiger partial charge in [-0.15, -0.1) is 0 Å². The zero-order chi connectivity index (χ0) is 26.9. The smallest absolute Gasteiger partial charge is 0.260 e. The van der Waals surface area contributed by atoms with E-state index >= 15 is 0 Å². The van der Waals surface area contributed by atoms with Gasteiger partial charge in [-0.25, -0.2) is 13.4 Å². The summed E-state index contributed by atoms with van der Waals surface area (Å²) in [7, 11) is 0.377. The normalized spacial score (nSPS) is 17.4. The Morgan fingerprint density at radius 1 is 1.10 bits per heavy atom. The maximum atomic E-state index is 13.7. The van der Waals surface area contributed by atoms with E-state index in [1.54, 1.807) is 33.5 Å². The number of hydrogen-bond donors (Lipinski definition) is 0. The summed E-state index contributed by atoms with van der Waals surface area (Å²) in [5.41, 5.74) is 1.17. The highest BCUT2D eigenvalue weighted by Crippen LogP contribution is 2.40. The summed E-state index contributed by atoms with van der Waals surface area (Å²) < 4.78 is 40.3. The Bertz CT molecular complexity index is 1370. The monoisotopic (exact) mass is 593 g/mol. The van der Waals surface area contributed by atoms with E-state index in [0.717, 1.165) is 48.9 Å². The molecule has 0 aliphatic carbocycles. The molecule has 9 nitrogen and oxygen atoms in total. The number of sulfonamides is 1. The standard InChI is InChI=1S/C27H34N4O5S2.ClH/c1-4-20-8-5-6-15-31(20)38(33,34)21-11-9-19(10-12-21)26(32)30(14-7-13-29(2)3)27-28-22-16-23-24(36-18-35-23)17-25(22)37-27;/h9-12,16-17,20H,4-8,13-15,18H2,1-3H3;1H/p-1. The Labute approximate surface area is 240 Å². The van der Waals surface area contributed by atoms with Gasteiger partial charge in [0.1, 0.15) is 0 Å². The fourth-order valence-electron chi connectivity index (χ4n) is 5.01. The third-order valence-corrected chi connectivity index (χ3v) is 10.1. The van der Waals surface area contributed by atoms with Gasteiger partial charge in [0.15, 0.2) is 16.6 Å². The Morgan fingerprint density at radius 2 is 1.82 bits per heavy atom. The average Bonchev–Trinajstić information content (AvgIpc) is 3.55. The van der Waals surface area contributed by atoms with Crippen molar-refractivity contribution in [1.29, 1.82) is 0 Å². The van der Waals surface area contributed by atoms with Crippen LogP contribution in [-0.2, 0) is 10.0 Å². The number of rotatable bonds is 9. The van der Waals surface area contributed by atoms with Gasteiger partial charge in [-0.3, -0.25) is 9.69 Å². The van der Waals surface area contributed by atoms with Crippen LogP contribution in [0.15, 0.2) is 41.3 Å². The van der Waals surface area contributed by atoms with Crippen LogP contribution >= 0.6 is 11.3 Å². The van der Waals surface area contributed by atoms with Crippen molar-refractivity contribution in [1.82, 2.24) is 14.2 Å². The summed E-state index contributed by atoms with van der Waals surface area (Å²) in [6.07, 6.45) is 4.36. The molecular weight excluding hydrogens is 560 g/mol. The number of fused-ring (bicyclic) bond motifs is 2. The molecule has 0 spiro atoms. The fourth-order valence-corrected chi connectivity index (χ4v) is 7.78. The van der Waals surface area contributed by atoms with E-state index in [-0.39, 0.29) is 36.0 Å². The van der Waals surface area contributed by atoms with E-state index < -0.39 is 10.0 Å². The fraction of sp³-hybridized carbons (Fsp3) is 0.481. The van der Waals surface area contributed by atoms with Gasteiger partial charge in [0.05, 0.1) is 15.1 Å². The van der Waals surface area contributed by atoms with Crippen molar-refractivity contribution in [2.45, 2.75) is 50.0 Å². The lowest BCUT2D eigenvalue weighted by molar-refractivity contribution is -0.0000197. The van der Waals surface area contributed by atoms with E-state index in [0.29, 0.717) is 35.3 Å². The number of piperidine rings is 1. The summed E-state index contributed by atoms with van der Waals surface area (Å²) in [6, 6.07) is 10.1. The molecule has 2 aromatic carbocycles. The molecule has 2 aliphatic heterocycles. The Kier molecular flexibility index (Phi) is 9.38. The van der Waals surface area contributed by atoms with E-state index in [1.807, 2.05) is 33.2 Å². The number of hydrogen-bond acceptors (Lipinski definition) is 8. The number of carbonyl (C=O) groups excluding carboxylic acids is 1. The first-order valence-corrected chi connectivity index (χ1v) is 15.3. The predicted molar refractivity (Wildman–Crippen MR) is 149 cm³/mol. The third kappa shape index (κ3) is 6.17. The van der Waals surface area contributed by atoms with Crippen LogP contribution in [0.3, 0.4) is 0 Å². The van der Waals surface area contributed by atoms with Crippen molar-refractivity contribution >= 4 is 42.6 Å². The summed E-state index contributed by atoms with van der Waals surface area (Å²) in [4.78, 5) is 22.5. The highest BCUT2D eigenvalue weighted by molar-refractivity contribution is 7.89. The number of halogens is 1. The largest absolute Gasteiger partial charge is 1.00 e. The number of benzene rings is 2. The number of carbonyl (C=O) groups is 1. The molecule has 0 saturated carbocycles. The van der Waals surface area contributed by atoms with E-state index in [2.05, 4.69) is 4.90 Å². The van der Waals surface area contributed by atoms with Crippen molar-refractivity contribution in [3.63, 3.8) is 0 Å². The van der Waals surface area contributed by atoms with Crippen LogP contribution in [0.1, 0.15) is 49.4 Å². The molecule has 12 heteroatoms. The molecule has 1 amide bonds. The first kappa shape index (κ1) is 29.5. The third-order valence-electron chi connectivity index (χ3n) is 7.09. The van der Waals surface area contributed by atoms with Crippen LogP contribution in [0, 0.1) is 0 Å². The van der Waals surface area contributed by atoms with Crippen LogP contribution in [0.25, 0.3) is 10.2 Å². The summed E-state index contributed by atoms with van der Waals surface area (Å²) in [5.74, 6) is 1.11. The molecule has 5 rings (SSSR count). The molecule has 1 aromatic heterocycles. The number of amides is 1. The topological polar surface area (TPSA) is 92.3 Å². The van der Waals surface area contributed by atoms with Gasteiger partial charge in [0, 0.05) is 36.8 Å². The highest BCUT2D eigenvalue weighted by atomic mass is 35.5. The molecule has 1 saturated heterocycles. The average molecular weight is 594 g/mol. The molecule has 3 aromatic rings. The van der Waals surface area contributed by atoms with E-state index in [4.69, 9.17) is 14.5 Å². The number of thiazole rings is 1. The zero-order valence-corrected chi connectivity index (χ0v) is 24.8. The van der Waals surface area contributed by atoms with Crippen molar-refractivity contribution < 1.29 is 35.1 Å². The van der Waals surface area contributed by atoms with Gasteiger partial charge >= 0.3 is 0 Å². The van der Waals surface area contributed by atoms with Gasteiger partial charge in [-0.1, -0.05) is 24.7 Å². The van der Waals surface area contributed by atoms with Crippen LogP contribution < -0.4 is 26.8 Å². The molecule has 0 radical (unpaired) electrons. The van der Waals surface area contributed by atoms with Crippen molar-refractivity contribution in [2.24, 2.45) is 0 Å². The van der Waals surface area contributed by atoms with E-state index in [1.165, 1.54) is 11.3 Å². The molecule has 0 N–H and O–H groups in total. The molecule has 1 unspecified atom stereocenters. The molecule has 3 heterocycles. The Balaban J connectivity index is 0.00000353. The summed E-state index contributed by atoms with van der Waals surface area (Å²) in [5, 5.41) is 0.586. The first-order chi connectivity index (χ1) is 18.3. The lowest BCUT2D eigenvalue weighted by Crippen LogP contribution is -3.00. The van der Waals surface area contributed by atoms with E-state index in [9.17, 15) is 13.2 Å². The summed E-state index contributed by atoms with van der Waals surface area (Å²) in [6.45, 7) is 4.06. The van der Waals surface area contributed by atoms with Crippen LogP contribution in [0.5, 0.6) is 11.5 Å². The molecule has 1 atom stereocenters.